The number of nitrogens with zero attached hydrogens (tertiary/aromatic N) is 3. The molecule has 0 atom stereocenters. The average molecular weight is 303 g/mol. The maximum Gasteiger partial charge on any atom is 0.526 e. The van der Waals surface area contributed by atoms with Crippen molar-refractivity contribution in [3.63, 3.8) is 0 Å². The first-order valence-corrected chi connectivity index (χ1v) is 7.61. The van der Waals surface area contributed by atoms with Crippen LogP contribution in [0.2, 0.25) is 0 Å². The number of pyridine rings is 1. The lowest BCUT2D eigenvalue weighted by atomic mass is 9.88. The molecule has 0 amide bonds. The molecular weight excluding hydrogens is 281 g/mol. The highest BCUT2D eigenvalue weighted by atomic mass is 16.4. The van der Waals surface area contributed by atoms with E-state index >= 15 is 0 Å². The molecule has 0 unspecified atom stereocenters. The molecule has 0 aromatic carbocycles. The number of piperazine rings is 1. The lowest BCUT2D eigenvalue weighted by molar-refractivity contribution is 0.128. The van der Waals surface area contributed by atoms with Crippen LogP contribution in [-0.2, 0) is 0 Å². The first-order valence-electron chi connectivity index (χ1n) is 7.61. The molecular formula is C15H22BN3O3. The summed E-state index contributed by atoms with van der Waals surface area (Å²) in [6.45, 7) is 10.4. The summed E-state index contributed by atoms with van der Waals surface area (Å²) >= 11 is 0. The van der Waals surface area contributed by atoms with Crippen LogP contribution < -0.4 is 10.6 Å². The summed E-state index contributed by atoms with van der Waals surface area (Å²) in [7, 11) is -1.60. The maximum absolute atomic E-state index is 9.27. The Labute approximate surface area is 130 Å². The summed E-state index contributed by atoms with van der Waals surface area (Å²) in [6.07, 6.45) is 1.70. The summed E-state index contributed by atoms with van der Waals surface area (Å²) in [5, 5.41) is 19.4. The van der Waals surface area contributed by atoms with Crippen molar-refractivity contribution >= 4 is 29.6 Å². The fraction of sp³-hybridized carbons (Fsp3) is 0.533. The van der Waals surface area contributed by atoms with Gasteiger partial charge in [-0.3, -0.25) is 4.90 Å². The van der Waals surface area contributed by atoms with E-state index < -0.39 is 7.12 Å². The molecule has 1 fully saturated rings. The van der Waals surface area contributed by atoms with E-state index in [2.05, 4.69) is 35.6 Å². The Kier molecular flexibility index (Phi) is 3.88. The first-order chi connectivity index (χ1) is 10.4. The SMILES string of the molecule is CC(C)(C)N1CCN(c2nccc3oc(B(O)O)cc23)CC1. The Morgan fingerprint density at radius 2 is 1.86 bits per heavy atom. The van der Waals surface area contributed by atoms with Crippen LogP contribution in [0, 0.1) is 0 Å². The Hall–Kier alpha value is -1.57. The van der Waals surface area contributed by atoms with Gasteiger partial charge in [0.2, 0.25) is 0 Å². The van der Waals surface area contributed by atoms with Crippen molar-refractivity contribution < 1.29 is 14.5 Å². The van der Waals surface area contributed by atoms with E-state index in [1.54, 1.807) is 18.3 Å². The van der Waals surface area contributed by atoms with Gasteiger partial charge in [-0.05, 0) is 32.9 Å². The van der Waals surface area contributed by atoms with Crippen molar-refractivity contribution in [3.8, 4) is 0 Å². The molecule has 6 nitrogen and oxygen atoms in total. The quantitative estimate of drug-likeness (QED) is 0.784. The highest BCUT2D eigenvalue weighted by Gasteiger charge is 2.27. The van der Waals surface area contributed by atoms with Crippen LogP contribution in [0.3, 0.4) is 0 Å². The smallest absolute Gasteiger partial charge is 0.464 e. The van der Waals surface area contributed by atoms with E-state index in [-0.39, 0.29) is 11.2 Å². The molecule has 2 aromatic heterocycles. The minimum absolute atomic E-state index is 0.151. The van der Waals surface area contributed by atoms with E-state index in [0.29, 0.717) is 5.58 Å². The number of rotatable bonds is 2. The molecule has 2 aromatic rings. The second-order valence-corrected chi connectivity index (χ2v) is 6.71. The van der Waals surface area contributed by atoms with E-state index in [1.807, 2.05) is 0 Å². The molecule has 0 bridgehead atoms. The van der Waals surface area contributed by atoms with Gasteiger partial charge in [-0.15, -0.1) is 0 Å². The van der Waals surface area contributed by atoms with Crippen molar-refractivity contribution in [2.45, 2.75) is 26.3 Å². The molecule has 0 saturated carbocycles. The molecule has 0 aliphatic carbocycles. The van der Waals surface area contributed by atoms with Gasteiger partial charge in [0, 0.05) is 37.9 Å². The lowest BCUT2D eigenvalue weighted by Gasteiger charge is -2.42. The molecule has 1 aliphatic heterocycles. The van der Waals surface area contributed by atoms with E-state index in [0.717, 1.165) is 37.4 Å². The summed E-state index contributed by atoms with van der Waals surface area (Å²) in [6, 6.07) is 3.41. The molecule has 3 heterocycles. The van der Waals surface area contributed by atoms with Crippen molar-refractivity contribution in [2.24, 2.45) is 0 Å². The fourth-order valence-electron chi connectivity index (χ4n) is 2.94. The number of hydrogen-bond acceptors (Lipinski definition) is 6. The van der Waals surface area contributed by atoms with Gasteiger partial charge in [0.05, 0.1) is 5.39 Å². The largest absolute Gasteiger partial charge is 0.526 e. The Balaban J connectivity index is 1.85. The highest BCUT2D eigenvalue weighted by Crippen LogP contribution is 2.26. The summed E-state index contributed by atoms with van der Waals surface area (Å²) in [4.78, 5) is 9.16. The molecule has 7 heteroatoms. The van der Waals surface area contributed by atoms with Crippen molar-refractivity contribution in [3.05, 3.63) is 18.3 Å². The number of aromatic nitrogens is 1. The zero-order chi connectivity index (χ0) is 15.9. The van der Waals surface area contributed by atoms with Crippen LogP contribution in [-0.4, -0.2) is 58.8 Å². The topological polar surface area (TPSA) is 73.0 Å². The Morgan fingerprint density at radius 1 is 1.18 bits per heavy atom. The summed E-state index contributed by atoms with van der Waals surface area (Å²) < 4.78 is 5.46. The van der Waals surface area contributed by atoms with Crippen molar-refractivity contribution in [2.75, 3.05) is 31.1 Å². The van der Waals surface area contributed by atoms with E-state index in [9.17, 15) is 10.0 Å². The van der Waals surface area contributed by atoms with E-state index in [4.69, 9.17) is 4.42 Å². The number of anilines is 1. The summed E-state index contributed by atoms with van der Waals surface area (Å²) in [5.74, 6) is 0.849. The van der Waals surface area contributed by atoms with Gasteiger partial charge >= 0.3 is 7.12 Å². The normalized spacial score (nSPS) is 17.2. The standard InChI is InChI=1S/C15H22BN3O3/c1-15(2,3)19-8-6-18(7-9-19)14-11-10-13(16(20)21)22-12(11)4-5-17-14/h4-5,10,20-21H,6-9H2,1-3H3. The fourth-order valence-corrected chi connectivity index (χ4v) is 2.94. The van der Waals surface area contributed by atoms with Gasteiger partial charge in [-0.1, -0.05) is 0 Å². The molecule has 22 heavy (non-hydrogen) atoms. The van der Waals surface area contributed by atoms with Gasteiger partial charge in [-0.2, -0.15) is 0 Å². The van der Waals surface area contributed by atoms with Gasteiger partial charge in [-0.25, -0.2) is 4.98 Å². The van der Waals surface area contributed by atoms with Crippen LogP contribution in [0.25, 0.3) is 11.0 Å². The molecule has 118 valence electrons. The highest BCUT2D eigenvalue weighted by molar-refractivity contribution is 6.57. The molecule has 1 aliphatic rings. The summed E-state index contributed by atoms with van der Waals surface area (Å²) in [5.41, 5.74) is 0.957. The monoisotopic (exact) mass is 303 g/mol. The van der Waals surface area contributed by atoms with Crippen LogP contribution in [0.5, 0.6) is 0 Å². The number of hydrogen-bond donors (Lipinski definition) is 2. The first kappa shape index (κ1) is 15.3. The van der Waals surface area contributed by atoms with Gasteiger partial charge in [0.25, 0.3) is 0 Å². The zero-order valence-electron chi connectivity index (χ0n) is 13.3. The third kappa shape index (κ3) is 2.84. The van der Waals surface area contributed by atoms with E-state index in [1.165, 1.54) is 0 Å². The number of furan rings is 1. The van der Waals surface area contributed by atoms with Crippen molar-refractivity contribution in [1.29, 1.82) is 0 Å². The Bertz CT molecular complexity index is 658. The molecule has 1 saturated heterocycles. The van der Waals surface area contributed by atoms with Crippen LogP contribution in [0.1, 0.15) is 20.8 Å². The van der Waals surface area contributed by atoms with Gasteiger partial charge < -0.3 is 19.4 Å². The predicted octanol–water partition coefficient (Wildman–Crippen LogP) is 0.428. The second kappa shape index (κ2) is 5.57. The third-order valence-corrected chi connectivity index (χ3v) is 4.23. The molecule has 3 rings (SSSR count). The maximum atomic E-state index is 9.27. The van der Waals surface area contributed by atoms with Gasteiger partial charge in [0.1, 0.15) is 17.1 Å². The van der Waals surface area contributed by atoms with Crippen LogP contribution in [0.15, 0.2) is 22.7 Å². The van der Waals surface area contributed by atoms with Crippen molar-refractivity contribution in [1.82, 2.24) is 9.88 Å². The van der Waals surface area contributed by atoms with Crippen LogP contribution >= 0.6 is 0 Å². The van der Waals surface area contributed by atoms with Gasteiger partial charge in [0.15, 0.2) is 0 Å². The average Bonchev–Trinajstić information content (AvgIpc) is 2.90. The van der Waals surface area contributed by atoms with Crippen LogP contribution in [0.4, 0.5) is 5.82 Å². The predicted molar refractivity (Wildman–Crippen MR) is 87.4 cm³/mol. The minimum Gasteiger partial charge on any atom is -0.464 e. The number of fused-ring (bicyclic) bond motifs is 1. The minimum atomic E-state index is -1.60. The third-order valence-electron chi connectivity index (χ3n) is 4.23. The molecule has 0 spiro atoms. The molecule has 0 radical (unpaired) electrons. The Morgan fingerprint density at radius 3 is 2.45 bits per heavy atom. The molecule has 2 N–H and O–H groups in total. The zero-order valence-corrected chi connectivity index (χ0v) is 13.3. The lowest BCUT2D eigenvalue weighted by Crippen LogP contribution is -2.53. The second-order valence-electron chi connectivity index (χ2n) is 6.71.